The zero-order chi connectivity index (χ0) is 43.5. The van der Waals surface area contributed by atoms with Crippen LogP contribution in [0.15, 0.2) is 104 Å². The highest BCUT2D eigenvalue weighted by Gasteiger charge is 2.42. The van der Waals surface area contributed by atoms with Gasteiger partial charge in [0.15, 0.2) is 5.82 Å². The summed E-state index contributed by atoms with van der Waals surface area (Å²) in [5, 5.41) is 0. The molecule has 15 heteroatoms. The van der Waals surface area contributed by atoms with Gasteiger partial charge in [0, 0.05) is 42.2 Å². The molecule has 5 heterocycles. The number of carbonyl (C=O) groups excluding carboxylic acids is 2. The molecule has 2 aliphatic heterocycles. The Kier molecular flexibility index (Phi) is 12.4. The summed E-state index contributed by atoms with van der Waals surface area (Å²) >= 11 is 0. The molecular formula is C47H51F3N10O2. The number of H-pyrrole nitrogens is 2. The van der Waals surface area contributed by atoms with E-state index in [1.54, 1.807) is 47.8 Å². The SMILES string of the molecule is CCN(CC)[C@@H](C(=O)N1CCC[C@@H]1c1ncc(-c2cnc(-c3ccc(-c4nc([C@H]5CCCN5C(=O)[C@@H](c5ccccc5)N(C)C)[nH]c4C(F)(F)F)cc3)nc2)[nH]1)c1ccccc1. The Balaban J connectivity index is 0.986. The number of likely N-dealkylation sites (tertiary alicyclic amines) is 2. The summed E-state index contributed by atoms with van der Waals surface area (Å²) in [5.41, 5.74) is 2.87. The smallest absolute Gasteiger partial charge is 0.340 e. The number of aromatic amines is 2. The highest BCUT2D eigenvalue weighted by Crippen LogP contribution is 2.41. The molecule has 0 saturated carbocycles. The van der Waals surface area contributed by atoms with Crippen molar-refractivity contribution in [2.45, 2.75) is 69.9 Å². The first-order valence-corrected chi connectivity index (χ1v) is 21.2. The lowest BCUT2D eigenvalue weighted by Gasteiger charge is -2.34. The number of alkyl halides is 3. The van der Waals surface area contributed by atoms with Crippen molar-refractivity contribution in [3.8, 4) is 33.9 Å². The van der Waals surface area contributed by atoms with Gasteiger partial charge in [-0.25, -0.2) is 19.9 Å². The van der Waals surface area contributed by atoms with Gasteiger partial charge in [0.05, 0.1) is 24.0 Å². The molecule has 8 rings (SSSR count). The van der Waals surface area contributed by atoms with Crippen LogP contribution in [0.25, 0.3) is 33.9 Å². The van der Waals surface area contributed by atoms with Gasteiger partial charge in [0.1, 0.15) is 35.1 Å². The van der Waals surface area contributed by atoms with Crippen LogP contribution in [0.4, 0.5) is 13.2 Å². The standard InChI is InChI=1S/C47H51F3N10O2/c1-5-58(6-2)40(32-17-11-8-12-18-32)46(62)59-25-13-19-36(59)43-53-29-35(54-43)34-27-51-42(52-28-34)33-23-21-30(22-24-33)38-41(47(48,49)50)56-44(55-38)37-20-14-26-60(37)45(61)39(57(3)4)31-15-9-7-10-16-31/h7-12,15-18,21-24,27-29,36-37,39-40H,5-6,13-14,19-20,25-26H2,1-4H3,(H,53,54)(H,55,56)/t36-,37-,39-,40-/m1/s1. The number of nitrogens with zero attached hydrogens (tertiary/aromatic N) is 8. The lowest BCUT2D eigenvalue weighted by atomic mass is 10.0. The third kappa shape index (κ3) is 8.51. The van der Waals surface area contributed by atoms with Crippen LogP contribution >= 0.6 is 0 Å². The van der Waals surface area contributed by atoms with Gasteiger partial charge >= 0.3 is 6.18 Å². The van der Waals surface area contributed by atoms with E-state index in [2.05, 4.69) is 43.7 Å². The molecule has 2 aliphatic rings. The van der Waals surface area contributed by atoms with Crippen LogP contribution in [0.1, 0.15) is 92.2 Å². The number of hydrogen-bond acceptors (Lipinski definition) is 8. The Hall–Kier alpha value is -6.19. The minimum absolute atomic E-state index is 0.0613. The molecule has 0 spiro atoms. The maximum Gasteiger partial charge on any atom is 0.433 e. The summed E-state index contributed by atoms with van der Waals surface area (Å²) in [4.78, 5) is 60.2. The minimum atomic E-state index is -4.71. The molecule has 2 saturated heterocycles. The van der Waals surface area contributed by atoms with Crippen LogP contribution in [-0.2, 0) is 15.8 Å². The van der Waals surface area contributed by atoms with E-state index in [-0.39, 0.29) is 41.0 Å². The lowest BCUT2D eigenvalue weighted by molar-refractivity contribution is -0.140. The molecule has 62 heavy (non-hydrogen) atoms. The van der Waals surface area contributed by atoms with Crippen LogP contribution in [0, 0.1) is 0 Å². The number of carbonyl (C=O) groups is 2. The molecule has 2 N–H and O–H groups in total. The molecule has 3 aromatic carbocycles. The Labute approximate surface area is 359 Å². The number of rotatable bonds is 13. The maximum atomic E-state index is 14.6. The Bertz CT molecular complexity index is 2450. The Morgan fingerprint density at radius 3 is 1.77 bits per heavy atom. The average molecular weight is 845 g/mol. The summed E-state index contributed by atoms with van der Waals surface area (Å²) < 4.78 is 43.7. The normalized spacial score (nSPS) is 17.9. The van der Waals surface area contributed by atoms with Gasteiger partial charge in [-0.05, 0) is 64.0 Å². The van der Waals surface area contributed by atoms with Crippen molar-refractivity contribution in [2.75, 3.05) is 40.3 Å². The molecule has 0 bridgehead atoms. The molecule has 0 unspecified atom stereocenters. The van der Waals surface area contributed by atoms with Gasteiger partial charge in [-0.1, -0.05) is 98.8 Å². The molecule has 322 valence electrons. The van der Waals surface area contributed by atoms with Gasteiger partial charge in [-0.15, -0.1) is 0 Å². The van der Waals surface area contributed by atoms with E-state index < -0.39 is 24.0 Å². The van der Waals surface area contributed by atoms with Crippen LogP contribution in [-0.4, -0.2) is 102 Å². The van der Waals surface area contributed by atoms with Crippen LogP contribution < -0.4 is 0 Å². The third-order valence-electron chi connectivity index (χ3n) is 12.1. The fraction of sp³-hybridized carbons (Fsp3) is 0.362. The fourth-order valence-electron chi connectivity index (χ4n) is 8.98. The van der Waals surface area contributed by atoms with Crippen LogP contribution in [0.5, 0.6) is 0 Å². The van der Waals surface area contributed by atoms with E-state index in [1.165, 1.54) is 0 Å². The van der Waals surface area contributed by atoms with E-state index >= 15 is 0 Å². The molecule has 0 radical (unpaired) electrons. The van der Waals surface area contributed by atoms with Crippen molar-refractivity contribution in [3.63, 3.8) is 0 Å². The first-order valence-electron chi connectivity index (χ1n) is 21.2. The second-order valence-corrected chi connectivity index (χ2v) is 16.1. The van der Waals surface area contributed by atoms with Gasteiger partial charge in [0.2, 0.25) is 11.8 Å². The summed E-state index contributed by atoms with van der Waals surface area (Å²) in [6.45, 7) is 6.69. The predicted molar refractivity (Wildman–Crippen MR) is 230 cm³/mol. The van der Waals surface area contributed by atoms with Crippen molar-refractivity contribution in [3.05, 3.63) is 132 Å². The summed E-state index contributed by atoms with van der Waals surface area (Å²) in [7, 11) is 3.63. The summed E-state index contributed by atoms with van der Waals surface area (Å²) in [5.74, 6) is 1.08. The number of nitrogens with one attached hydrogen (secondary N) is 2. The molecule has 4 atom stereocenters. The molecule has 0 aliphatic carbocycles. The quantitative estimate of drug-likeness (QED) is 0.118. The second kappa shape index (κ2) is 18.0. The van der Waals surface area contributed by atoms with Crippen molar-refractivity contribution in [2.24, 2.45) is 0 Å². The van der Waals surface area contributed by atoms with Crippen LogP contribution in [0.3, 0.4) is 0 Å². The minimum Gasteiger partial charge on any atom is -0.340 e. The van der Waals surface area contributed by atoms with E-state index in [0.29, 0.717) is 54.4 Å². The van der Waals surface area contributed by atoms with E-state index in [4.69, 9.17) is 4.98 Å². The van der Waals surface area contributed by atoms with Gasteiger partial charge in [0.25, 0.3) is 0 Å². The van der Waals surface area contributed by atoms with Gasteiger partial charge < -0.3 is 19.8 Å². The lowest BCUT2D eigenvalue weighted by Crippen LogP contribution is -2.43. The summed E-state index contributed by atoms with van der Waals surface area (Å²) in [6.07, 6.45) is 3.15. The van der Waals surface area contributed by atoms with Crippen molar-refractivity contribution in [1.29, 1.82) is 0 Å². The third-order valence-corrected chi connectivity index (χ3v) is 12.1. The predicted octanol–water partition coefficient (Wildman–Crippen LogP) is 8.66. The van der Waals surface area contributed by atoms with Crippen molar-refractivity contribution in [1.82, 2.24) is 49.5 Å². The highest BCUT2D eigenvalue weighted by atomic mass is 19.4. The molecule has 12 nitrogen and oxygen atoms in total. The molecule has 3 aromatic heterocycles. The molecule has 6 aromatic rings. The zero-order valence-corrected chi connectivity index (χ0v) is 35.3. The largest absolute Gasteiger partial charge is 0.433 e. The molecular weight excluding hydrogens is 794 g/mol. The maximum absolute atomic E-state index is 14.6. The number of hydrogen-bond donors (Lipinski definition) is 2. The van der Waals surface area contributed by atoms with Crippen LogP contribution in [0.2, 0.25) is 0 Å². The van der Waals surface area contributed by atoms with Gasteiger partial charge in [-0.3, -0.25) is 19.4 Å². The first kappa shape index (κ1) is 42.5. The fourth-order valence-corrected chi connectivity index (χ4v) is 8.98. The topological polar surface area (TPSA) is 130 Å². The van der Waals surface area contributed by atoms with E-state index in [9.17, 15) is 22.8 Å². The number of amides is 2. The Morgan fingerprint density at radius 1 is 0.694 bits per heavy atom. The second-order valence-electron chi connectivity index (χ2n) is 16.1. The first-order chi connectivity index (χ1) is 30.0. The van der Waals surface area contributed by atoms with Crippen molar-refractivity contribution >= 4 is 11.8 Å². The van der Waals surface area contributed by atoms with Crippen molar-refractivity contribution < 1.29 is 22.8 Å². The Morgan fingerprint density at radius 2 is 1.23 bits per heavy atom. The molecule has 2 fully saturated rings. The monoisotopic (exact) mass is 844 g/mol. The van der Waals surface area contributed by atoms with Gasteiger partial charge in [-0.2, -0.15) is 13.2 Å². The van der Waals surface area contributed by atoms with E-state index in [0.717, 1.165) is 37.1 Å². The number of likely N-dealkylation sites (N-methyl/N-ethyl adjacent to an activating group) is 2. The number of imidazole rings is 2. The van der Waals surface area contributed by atoms with E-state index in [1.807, 2.05) is 84.6 Å². The number of benzene rings is 3. The zero-order valence-electron chi connectivity index (χ0n) is 35.3. The highest BCUT2D eigenvalue weighted by molar-refractivity contribution is 5.85. The number of halogens is 3. The molecule has 2 amide bonds. The number of aromatic nitrogens is 6. The average Bonchev–Trinajstić information content (AvgIpc) is 4.13. The summed E-state index contributed by atoms with van der Waals surface area (Å²) in [6, 6.07) is 24.0.